The summed E-state index contributed by atoms with van der Waals surface area (Å²) in [6, 6.07) is 9.08. The summed E-state index contributed by atoms with van der Waals surface area (Å²) >= 11 is 16.8. The quantitative estimate of drug-likeness (QED) is 0.509. The molecule has 1 saturated heterocycles. The fraction of sp³-hybridized carbons (Fsp3) is 0.333. The number of halogens is 6. The van der Waals surface area contributed by atoms with Crippen LogP contribution in [-0.2, 0) is 8.53 Å². The molecule has 7 heteroatoms. The first-order chi connectivity index (χ1) is 7.23. The van der Waals surface area contributed by atoms with Gasteiger partial charge in [0.1, 0.15) is 0 Å². The Balaban J connectivity index is 0.000000181. The van der Waals surface area contributed by atoms with E-state index in [0.717, 1.165) is 0 Å². The van der Waals surface area contributed by atoms with Crippen LogP contribution >= 0.6 is 34.8 Å². The van der Waals surface area contributed by atoms with Crippen molar-refractivity contribution in [3.63, 3.8) is 0 Å². The molecule has 0 aliphatic carbocycles. The first-order valence-corrected chi connectivity index (χ1v) is 5.19. The van der Waals surface area contributed by atoms with E-state index in [-0.39, 0.29) is 0 Å². The minimum absolute atomic E-state index is 0.694. The Kier molecular flexibility index (Phi) is 4.35. The maximum atomic E-state index is 10.9. The lowest BCUT2D eigenvalue weighted by atomic mass is 10.2. The van der Waals surface area contributed by atoms with E-state index in [4.69, 9.17) is 34.8 Å². The number of hydrogen-bond donors (Lipinski definition) is 0. The molecule has 1 aliphatic heterocycles. The van der Waals surface area contributed by atoms with Crippen LogP contribution in [-0.4, -0.2) is 12.5 Å². The summed E-state index contributed by atoms with van der Waals surface area (Å²) in [6.45, 7) is 0. The Hall–Kier alpha value is -0.160. The molecule has 1 aromatic carbocycles. The molecule has 0 saturated carbocycles. The molecule has 16 heavy (non-hydrogen) atoms. The monoisotopic (exact) mass is 292 g/mol. The van der Waals surface area contributed by atoms with Gasteiger partial charge in [0, 0.05) is 5.56 Å². The average molecular weight is 293 g/mol. The molecule has 1 fully saturated rings. The lowest BCUT2D eigenvalue weighted by Crippen LogP contribution is -1.98. The molecule has 0 spiro atoms. The molecule has 1 aromatic rings. The first-order valence-electron chi connectivity index (χ1n) is 4.05. The van der Waals surface area contributed by atoms with Crippen molar-refractivity contribution in [2.45, 2.75) is 16.3 Å². The van der Waals surface area contributed by atoms with E-state index in [2.05, 4.69) is 4.74 Å². The van der Waals surface area contributed by atoms with Crippen LogP contribution in [0.25, 0.3) is 0 Å². The molecule has 1 aliphatic rings. The van der Waals surface area contributed by atoms with E-state index in [1.54, 1.807) is 12.1 Å². The SMILES string of the molecule is ClC(Cl)(Cl)c1ccccc1.FC1OC1(F)F. The number of ether oxygens (including phenoxy) is 1. The van der Waals surface area contributed by atoms with Crippen LogP contribution in [0, 0.1) is 0 Å². The summed E-state index contributed by atoms with van der Waals surface area (Å²) in [4.78, 5) is 0. The highest BCUT2D eigenvalue weighted by Crippen LogP contribution is 2.40. The van der Waals surface area contributed by atoms with Gasteiger partial charge in [0.25, 0.3) is 6.36 Å². The van der Waals surface area contributed by atoms with E-state index in [1.165, 1.54) is 0 Å². The third-order valence-corrected chi connectivity index (χ3v) is 2.22. The predicted octanol–water partition coefficient (Wildman–Crippen LogP) is 4.42. The highest BCUT2D eigenvalue weighted by molar-refractivity contribution is 6.66. The standard InChI is InChI=1S/C7H5Cl3.C2HF3O/c8-7(9,10)6-4-2-1-3-5-6;3-1-2(4,5)6-1/h1-5H;1H. The molecule has 1 atom stereocenters. The smallest absolute Gasteiger partial charge is 0.273 e. The Morgan fingerprint density at radius 2 is 1.50 bits per heavy atom. The van der Waals surface area contributed by atoms with Gasteiger partial charge < -0.3 is 0 Å². The molecule has 0 radical (unpaired) electrons. The van der Waals surface area contributed by atoms with Crippen LogP contribution in [0.5, 0.6) is 0 Å². The molecule has 0 amide bonds. The zero-order valence-corrected chi connectivity index (χ0v) is 9.91. The van der Waals surface area contributed by atoms with Gasteiger partial charge in [0.05, 0.1) is 0 Å². The summed E-state index contributed by atoms with van der Waals surface area (Å²) < 4.78 is 34.6. The number of hydrogen-bond acceptors (Lipinski definition) is 1. The summed E-state index contributed by atoms with van der Waals surface area (Å²) in [7, 11) is 0. The second-order valence-electron chi connectivity index (χ2n) is 2.86. The maximum absolute atomic E-state index is 10.9. The topological polar surface area (TPSA) is 12.5 Å². The first kappa shape index (κ1) is 13.9. The summed E-state index contributed by atoms with van der Waals surface area (Å²) in [5, 5.41) is 0. The van der Waals surface area contributed by atoms with Crippen LogP contribution in [0.2, 0.25) is 0 Å². The van der Waals surface area contributed by atoms with Gasteiger partial charge in [0.15, 0.2) is 0 Å². The van der Waals surface area contributed by atoms with Crippen molar-refractivity contribution in [1.82, 2.24) is 0 Å². The fourth-order valence-corrected chi connectivity index (χ4v) is 1.11. The highest BCUT2D eigenvalue weighted by Gasteiger charge is 2.61. The van der Waals surface area contributed by atoms with Crippen LogP contribution in [0.3, 0.4) is 0 Å². The minimum Gasteiger partial charge on any atom is -0.273 e. The van der Waals surface area contributed by atoms with Crippen molar-refractivity contribution < 1.29 is 17.9 Å². The predicted molar refractivity (Wildman–Crippen MR) is 56.6 cm³/mol. The normalized spacial score (nSPS) is 22.0. The van der Waals surface area contributed by atoms with Gasteiger partial charge in [-0.3, -0.25) is 4.74 Å². The largest absolute Gasteiger partial charge is 0.414 e. The molecule has 2 rings (SSSR count). The summed E-state index contributed by atoms with van der Waals surface area (Å²) in [6.07, 6.45) is -5.79. The van der Waals surface area contributed by atoms with Crippen LogP contribution in [0.1, 0.15) is 5.56 Å². The number of alkyl halides is 6. The second kappa shape index (κ2) is 5.00. The summed E-state index contributed by atoms with van der Waals surface area (Å²) in [5.41, 5.74) is 0.694. The molecule has 1 unspecified atom stereocenters. The van der Waals surface area contributed by atoms with Gasteiger partial charge >= 0.3 is 6.11 Å². The number of epoxide rings is 1. The molecule has 1 heterocycles. The molecular weight excluding hydrogens is 287 g/mol. The molecular formula is C9H6Cl3F3O. The number of benzene rings is 1. The molecule has 90 valence electrons. The zero-order chi connectivity index (χ0) is 12.4. The van der Waals surface area contributed by atoms with E-state index in [1.807, 2.05) is 18.2 Å². The molecule has 0 aromatic heterocycles. The third-order valence-electron chi connectivity index (χ3n) is 1.57. The van der Waals surface area contributed by atoms with E-state index < -0.39 is 16.3 Å². The fourth-order valence-electron chi connectivity index (χ4n) is 0.731. The Morgan fingerprint density at radius 3 is 1.69 bits per heavy atom. The van der Waals surface area contributed by atoms with Crippen LogP contribution in [0.4, 0.5) is 13.2 Å². The maximum Gasteiger partial charge on any atom is 0.414 e. The molecule has 1 nitrogen and oxygen atoms in total. The lowest BCUT2D eigenvalue weighted by molar-refractivity contribution is 0.000666. The lowest BCUT2D eigenvalue weighted by Gasteiger charge is -2.09. The minimum atomic E-state index is -3.46. The van der Waals surface area contributed by atoms with Crippen molar-refractivity contribution >= 4 is 34.8 Å². The van der Waals surface area contributed by atoms with Gasteiger partial charge in [-0.05, 0) is 0 Å². The van der Waals surface area contributed by atoms with Crippen molar-refractivity contribution in [3.8, 4) is 0 Å². The molecule has 0 bridgehead atoms. The number of rotatable bonds is 0. The van der Waals surface area contributed by atoms with Gasteiger partial charge in [-0.1, -0.05) is 65.1 Å². The van der Waals surface area contributed by atoms with Crippen molar-refractivity contribution in [3.05, 3.63) is 35.9 Å². The van der Waals surface area contributed by atoms with Gasteiger partial charge in [-0.25, -0.2) is 4.39 Å². The second-order valence-corrected chi connectivity index (χ2v) is 5.14. The summed E-state index contributed by atoms with van der Waals surface area (Å²) in [5.74, 6) is 0. The van der Waals surface area contributed by atoms with Crippen molar-refractivity contribution in [2.75, 3.05) is 0 Å². The van der Waals surface area contributed by atoms with Crippen molar-refractivity contribution in [1.29, 1.82) is 0 Å². The van der Waals surface area contributed by atoms with E-state index in [0.29, 0.717) is 5.56 Å². The van der Waals surface area contributed by atoms with E-state index in [9.17, 15) is 13.2 Å². The van der Waals surface area contributed by atoms with Crippen molar-refractivity contribution in [2.24, 2.45) is 0 Å². The average Bonchev–Trinajstić information content (AvgIpc) is 2.72. The van der Waals surface area contributed by atoms with Crippen LogP contribution in [0.15, 0.2) is 30.3 Å². The Bertz CT molecular complexity index is 340. The van der Waals surface area contributed by atoms with Gasteiger partial charge in [-0.15, -0.1) is 0 Å². The molecule has 0 N–H and O–H groups in total. The Morgan fingerprint density at radius 1 is 1.12 bits per heavy atom. The third kappa shape index (κ3) is 4.37. The highest BCUT2D eigenvalue weighted by atomic mass is 35.6. The van der Waals surface area contributed by atoms with Crippen LogP contribution < -0.4 is 0 Å². The Labute approximate surface area is 105 Å². The zero-order valence-electron chi connectivity index (χ0n) is 7.64. The van der Waals surface area contributed by atoms with Gasteiger partial charge in [0.2, 0.25) is 3.79 Å². The van der Waals surface area contributed by atoms with E-state index >= 15 is 0 Å². The van der Waals surface area contributed by atoms with Gasteiger partial charge in [-0.2, -0.15) is 8.78 Å².